The highest BCUT2D eigenvalue weighted by Crippen LogP contribution is 2.18. The average Bonchev–Trinajstić information content (AvgIpc) is 2.60. The molecule has 25 heavy (non-hydrogen) atoms. The summed E-state index contributed by atoms with van der Waals surface area (Å²) in [4.78, 5) is 11.7. The van der Waals surface area contributed by atoms with Crippen molar-refractivity contribution in [3.8, 4) is 0 Å². The topological polar surface area (TPSA) is 52.6 Å². The van der Waals surface area contributed by atoms with E-state index in [1.54, 1.807) is 0 Å². The predicted octanol–water partition coefficient (Wildman–Crippen LogP) is 3.79. The number of hydrogen-bond acceptors (Lipinski definition) is 3. The lowest BCUT2D eigenvalue weighted by molar-refractivity contribution is 0.481. The second kappa shape index (κ2) is 11.5. The highest BCUT2D eigenvalue weighted by molar-refractivity contribution is 14.0. The summed E-state index contributed by atoms with van der Waals surface area (Å²) in [5.41, 5.74) is 1.21. The van der Waals surface area contributed by atoms with Gasteiger partial charge >= 0.3 is 0 Å². The summed E-state index contributed by atoms with van der Waals surface area (Å²) < 4.78 is 0. The third-order valence-electron chi connectivity index (χ3n) is 4.62. The largest absolute Gasteiger partial charge is 0.357 e. The van der Waals surface area contributed by atoms with Crippen LogP contribution in [0.2, 0.25) is 0 Å². The van der Waals surface area contributed by atoms with Gasteiger partial charge in [-0.1, -0.05) is 13.8 Å². The van der Waals surface area contributed by atoms with E-state index in [4.69, 9.17) is 4.99 Å². The first-order valence-corrected chi connectivity index (χ1v) is 9.35. The summed E-state index contributed by atoms with van der Waals surface area (Å²) >= 11 is 0. The Morgan fingerprint density at radius 1 is 1.24 bits per heavy atom. The van der Waals surface area contributed by atoms with Gasteiger partial charge in [0.1, 0.15) is 5.82 Å². The lowest BCUT2D eigenvalue weighted by atomic mass is 10.1. The molecule has 2 heterocycles. The van der Waals surface area contributed by atoms with Gasteiger partial charge in [0.15, 0.2) is 5.96 Å². The number of pyridine rings is 1. The van der Waals surface area contributed by atoms with Gasteiger partial charge in [0.2, 0.25) is 0 Å². The van der Waals surface area contributed by atoms with Crippen LogP contribution in [-0.2, 0) is 6.54 Å². The van der Waals surface area contributed by atoms with Crippen LogP contribution in [0.25, 0.3) is 0 Å². The summed E-state index contributed by atoms with van der Waals surface area (Å²) in [7, 11) is 0. The van der Waals surface area contributed by atoms with E-state index in [-0.39, 0.29) is 24.0 Å². The van der Waals surface area contributed by atoms with Crippen LogP contribution in [-0.4, -0.2) is 36.6 Å². The molecule has 6 heteroatoms. The molecular weight excluding hydrogens is 425 g/mol. The number of hydrogen-bond donors (Lipinski definition) is 2. The maximum Gasteiger partial charge on any atom is 0.191 e. The first-order valence-electron chi connectivity index (χ1n) is 9.35. The van der Waals surface area contributed by atoms with Crippen LogP contribution in [0, 0.1) is 5.92 Å². The van der Waals surface area contributed by atoms with E-state index in [0.29, 0.717) is 18.5 Å². The molecule has 0 saturated carbocycles. The minimum absolute atomic E-state index is 0. The molecule has 1 saturated heterocycles. The molecule has 0 amide bonds. The maximum atomic E-state index is 4.74. The number of anilines is 1. The number of rotatable bonds is 6. The summed E-state index contributed by atoms with van der Waals surface area (Å²) in [6, 6.07) is 4.64. The van der Waals surface area contributed by atoms with Crippen molar-refractivity contribution < 1.29 is 0 Å². The van der Waals surface area contributed by atoms with Crippen molar-refractivity contribution in [1.82, 2.24) is 15.6 Å². The molecule has 0 aromatic carbocycles. The normalized spacial score (nSPS) is 16.4. The second-order valence-electron chi connectivity index (χ2n) is 6.94. The van der Waals surface area contributed by atoms with Gasteiger partial charge in [0, 0.05) is 31.9 Å². The van der Waals surface area contributed by atoms with E-state index in [9.17, 15) is 0 Å². The van der Waals surface area contributed by atoms with E-state index < -0.39 is 0 Å². The number of aromatic nitrogens is 1. The van der Waals surface area contributed by atoms with Crippen LogP contribution in [0.15, 0.2) is 23.3 Å². The zero-order valence-electron chi connectivity index (χ0n) is 16.1. The summed E-state index contributed by atoms with van der Waals surface area (Å²) in [6.07, 6.45) is 5.79. The molecule has 1 aromatic rings. The monoisotopic (exact) mass is 459 g/mol. The number of nitrogens with zero attached hydrogens (tertiary/aromatic N) is 3. The molecule has 1 aromatic heterocycles. The fourth-order valence-electron chi connectivity index (χ4n) is 2.73. The van der Waals surface area contributed by atoms with Gasteiger partial charge in [-0.2, -0.15) is 0 Å². The van der Waals surface area contributed by atoms with Crippen molar-refractivity contribution in [3.05, 3.63) is 23.9 Å². The Hall–Kier alpha value is -1.05. The predicted molar refractivity (Wildman–Crippen MR) is 118 cm³/mol. The lowest BCUT2D eigenvalue weighted by Crippen LogP contribution is -2.44. The zero-order chi connectivity index (χ0) is 17.4. The van der Waals surface area contributed by atoms with Crippen molar-refractivity contribution in [2.24, 2.45) is 10.9 Å². The van der Waals surface area contributed by atoms with Gasteiger partial charge in [-0.05, 0) is 56.7 Å². The Morgan fingerprint density at radius 2 is 1.96 bits per heavy atom. The van der Waals surface area contributed by atoms with Crippen molar-refractivity contribution in [1.29, 1.82) is 0 Å². The smallest absolute Gasteiger partial charge is 0.191 e. The molecule has 1 aliphatic heterocycles. The van der Waals surface area contributed by atoms with Crippen molar-refractivity contribution in [2.45, 2.75) is 59.5 Å². The molecule has 0 radical (unpaired) electrons. The number of guanidine groups is 1. The molecule has 2 rings (SSSR count). The fourth-order valence-corrected chi connectivity index (χ4v) is 2.73. The van der Waals surface area contributed by atoms with Crippen molar-refractivity contribution in [3.63, 3.8) is 0 Å². The Labute approximate surface area is 170 Å². The van der Waals surface area contributed by atoms with Gasteiger partial charge < -0.3 is 15.5 Å². The summed E-state index contributed by atoms with van der Waals surface area (Å²) in [6.45, 7) is 12.5. The SMILES string of the molecule is CCNC(=NCc1ccnc(N2CCCCC2)c1)NC(C)C(C)C.I. The quantitative estimate of drug-likeness (QED) is 0.386. The Morgan fingerprint density at radius 3 is 2.60 bits per heavy atom. The summed E-state index contributed by atoms with van der Waals surface area (Å²) in [5, 5.41) is 6.81. The molecule has 1 fully saturated rings. The third-order valence-corrected chi connectivity index (χ3v) is 4.62. The molecule has 0 aliphatic carbocycles. The number of piperidine rings is 1. The highest BCUT2D eigenvalue weighted by Gasteiger charge is 2.12. The number of halogens is 1. The molecule has 1 atom stereocenters. The van der Waals surface area contributed by atoms with Crippen molar-refractivity contribution in [2.75, 3.05) is 24.5 Å². The first kappa shape index (κ1) is 22.0. The molecule has 1 unspecified atom stereocenters. The van der Waals surface area contributed by atoms with E-state index >= 15 is 0 Å². The van der Waals surface area contributed by atoms with Crippen LogP contribution in [0.1, 0.15) is 52.5 Å². The third kappa shape index (κ3) is 7.38. The van der Waals surface area contributed by atoms with Gasteiger partial charge in [-0.25, -0.2) is 9.98 Å². The minimum atomic E-state index is 0. The van der Waals surface area contributed by atoms with Crippen LogP contribution < -0.4 is 15.5 Å². The number of nitrogens with one attached hydrogen (secondary N) is 2. The van der Waals surface area contributed by atoms with Crippen LogP contribution >= 0.6 is 24.0 Å². The van der Waals surface area contributed by atoms with Gasteiger partial charge in [-0.15, -0.1) is 24.0 Å². The van der Waals surface area contributed by atoms with E-state index in [0.717, 1.165) is 31.4 Å². The molecule has 2 N–H and O–H groups in total. The zero-order valence-corrected chi connectivity index (χ0v) is 18.4. The van der Waals surface area contributed by atoms with Gasteiger partial charge in [0.25, 0.3) is 0 Å². The highest BCUT2D eigenvalue weighted by atomic mass is 127. The molecule has 0 bridgehead atoms. The number of aliphatic imine (C=N–C) groups is 1. The van der Waals surface area contributed by atoms with Crippen LogP contribution in [0.5, 0.6) is 0 Å². The minimum Gasteiger partial charge on any atom is -0.357 e. The standard InChI is InChI=1S/C19H33N5.HI/c1-5-20-19(23-16(4)15(2)3)22-14-17-9-10-21-18(13-17)24-11-7-6-8-12-24;/h9-10,13,15-16H,5-8,11-12,14H2,1-4H3,(H2,20,22,23);1H. The summed E-state index contributed by atoms with van der Waals surface area (Å²) in [5.74, 6) is 2.55. The fraction of sp³-hybridized carbons (Fsp3) is 0.684. The Kier molecular flexibility index (Phi) is 10.2. The van der Waals surface area contributed by atoms with Gasteiger partial charge in [0.05, 0.1) is 6.54 Å². The molecule has 0 spiro atoms. The van der Waals surface area contributed by atoms with E-state index in [2.05, 4.69) is 60.3 Å². The van der Waals surface area contributed by atoms with Gasteiger partial charge in [-0.3, -0.25) is 0 Å². The Bertz CT molecular complexity index is 526. The maximum absolute atomic E-state index is 4.74. The first-order chi connectivity index (χ1) is 11.6. The molecule has 5 nitrogen and oxygen atoms in total. The van der Waals surface area contributed by atoms with Crippen LogP contribution in [0.4, 0.5) is 5.82 Å². The van der Waals surface area contributed by atoms with E-state index in [1.807, 2.05) is 6.20 Å². The molecule has 142 valence electrons. The Balaban J connectivity index is 0.00000312. The van der Waals surface area contributed by atoms with Crippen molar-refractivity contribution >= 4 is 35.8 Å². The average molecular weight is 459 g/mol. The second-order valence-corrected chi connectivity index (χ2v) is 6.94. The molecule has 1 aliphatic rings. The lowest BCUT2D eigenvalue weighted by Gasteiger charge is -2.27. The molecular formula is C19H34IN5. The van der Waals surface area contributed by atoms with Crippen LogP contribution in [0.3, 0.4) is 0 Å². The van der Waals surface area contributed by atoms with E-state index in [1.165, 1.54) is 24.8 Å².